The topological polar surface area (TPSA) is 26.3 Å². The van der Waals surface area contributed by atoms with Crippen LogP contribution in [0.1, 0.15) is 32.8 Å². The van der Waals surface area contributed by atoms with Crippen molar-refractivity contribution in [1.29, 1.82) is 0 Å². The quantitative estimate of drug-likeness (QED) is 0.445. The molecule has 0 aromatic heterocycles. The first kappa shape index (κ1) is 14.2. The van der Waals surface area contributed by atoms with E-state index in [2.05, 4.69) is 13.0 Å². The summed E-state index contributed by atoms with van der Waals surface area (Å²) in [6, 6.07) is 10.1. The fourth-order valence-corrected chi connectivity index (χ4v) is 1.59. The molecular weight excluding hydrogens is 224 g/mol. The van der Waals surface area contributed by atoms with E-state index < -0.39 is 0 Å². The number of hydrogen-bond acceptors (Lipinski definition) is 2. The van der Waals surface area contributed by atoms with Gasteiger partial charge in [0.25, 0.3) is 0 Å². The fourth-order valence-electron chi connectivity index (χ4n) is 1.59. The molecule has 18 heavy (non-hydrogen) atoms. The second-order valence-corrected chi connectivity index (χ2v) is 4.03. The van der Waals surface area contributed by atoms with E-state index in [-0.39, 0.29) is 5.97 Å². The number of ether oxygens (including phenoxy) is 1. The summed E-state index contributed by atoms with van der Waals surface area (Å²) in [7, 11) is 0. The highest BCUT2D eigenvalue weighted by molar-refractivity contribution is 5.88. The van der Waals surface area contributed by atoms with E-state index in [0.29, 0.717) is 12.2 Å². The second kappa shape index (κ2) is 7.49. The number of rotatable bonds is 5. The van der Waals surface area contributed by atoms with E-state index in [1.54, 1.807) is 6.92 Å². The molecule has 0 unspecified atom stereocenters. The number of benzene rings is 1. The summed E-state index contributed by atoms with van der Waals surface area (Å²) in [6.07, 6.45) is 4.86. The van der Waals surface area contributed by atoms with Gasteiger partial charge in [-0.25, -0.2) is 4.79 Å². The first-order chi connectivity index (χ1) is 8.67. The third-order valence-electron chi connectivity index (χ3n) is 2.56. The normalized spacial score (nSPS) is 12.4. The van der Waals surface area contributed by atoms with Crippen LogP contribution in [0.25, 0.3) is 6.08 Å². The van der Waals surface area contributed by atoms with Gasteiger partial charge in [-0.1, -0.05) is 43.3 Å². The van der Waals surface area contributed by atoms with Crippen LogP contribution in [0.5, 0.6) is 0 Å². The third-order valence-corrected chi connectivity index (χ3v) is 2.56. The maximum absolute atomic E-state index is 11.5. The molecule has 96 valence electrons. The SMILES string of the molecule is CCOC(=O)/C(C)=C/C(=C/c1ccccc1)CC. The Morgan fingerprint density at radius 3 is 2.44 bits per heavy atom. The molecule has 1 rings (SSSR count). The minimum atomic E-state index is -0.245. The summed E-state index contributed by atoms with van der Waals surface area (Å²) >= 11 is 0. The van der Waals surface area contributed by atoms with E-state index in [0.717, 1.165) is 17.6 Å². The van der Waals surface area contributed by atoms with Crippen LogP contribution in [-0.4, -0.2) is 12.6 Å². The minimum absolute atomic E-state index is 0.245. The van der Waals surface area contributed by atoms with Crippen LogP contribution in [0.3, 0.4) is 0 Å². The maximum Gasteiger partial charge on any atom is 0.333 e. The second-order valence-electron chi connectivity index (χ2n) is 4.03. The Kier molecular flexibility index (Phi) is 5.92. The van der Waals surface area contributed by atoms with E-state index in [1.165, 1.54) is 0 Å². The molecular formula is C16H20O2. The molecule has 1 aromatic rings. The van der Waals surface area contributed by atoms with Crippen LogP contribution in [0.2, 0.25) is 0 Å². The number of hydrogen-bond donors (Lipinski definition) is 0. The molecule has 0 saturated carbocycles. The summed E-state index contributed by atoms with van der Waals surface area (Å²) in [5.41, 5.74) is 2.90. The van der Waals surface area contributed by atoms with Crippen molar-refractivity contribution in [3.8, 4) is 0 Å². The highest BCUT2D eigenvalue weighted by atomic mass is 16.5. The molecule has 2 heteroatoms. The number of carbonyl (C=O) groups excluding carboxylic acids is 1. The zero-order valence-electron chi connectivity index (χ0n) is 11.3. The molecule has 0 atom stereocenters. The van der Waals surface area contributed by atoms with Crippen LogP contribution >= 0.6 is 0 Å². The van der Waals surface area contributed by atoms with Gasteiger partial charge >= 0.3 is 5.97 Å². The van der Waals surface area contributed by atoms with Crippen LogP contribution in [0.4, 0.5) is 0 Å². The average Bonchev–Trinajstić information content (AvgIpc) is 2.39. The molecule has 0 aliphatic carbocycles. The Balaban J connectivity index is 2.88. The number of allylic oxidation sites excluding steroid dienone is 2. The first-order valence-electron chi connectivity index (χ1n) is 6.28. The predicted molar refractivity (Wildman–Crippen MR) is 75.1 cm³/mol. The van der Waals surface area contributed by atoms with Gasteiger partial charge in [0.05, 0.1) is 6.61 Å². The summed E-state index contributed by atoms with van der Waals surface area (Å²) in [6.45, 7) is 6.08. The average molecular weight is 244 g/mol. The lowest BCUT2D eigenvalue weighted by Gasteiger charge is -2.03. The van der Waals surface area contributed by atoms with Gasteiger partial charge in [0.2, 0.25) is 0 Å². The Labute approximate surface area is 109 Å². The predicted octanol–water partition coefficient (Wildman–Crippen LogP) is 3.99. The van der Waals surface area contributed by atoms with Gasteiger partial charge in [-0.15, -0.1) is 0 Å². The molecule has 0 radical (unpaired) electrons. The van der Waals surface area contributed by atoms with Gasteiger partial charge in [-0.2, -0.15) is 0 Å². The zero-order chi connectivity index (χ0) is 13.4. The Morgan fingerprint density at radius 1 is 1.22 bits per heavy atom. The van der Waals surface area contributed by atoms with Gasteiger partial charge in [0, 0.05) is 5.57 Å². The van der Waals surface area contributed by atoms with Crippen molar-refractivity contribution < 1.29 is 9.53 Å². The van der Waals surface area contributed by atoms with Crippen molar-refractivity contribution in [2.24, 2.45) is 0 Å². The van der Waals surface area contributed by atoms with Crippen molar-refractivity contribution in [3.05, 3.63) is 53.1 Å². The fraction of sp³-hybridized carbons (Fsp3) is 0.312. The molecule has 0 aliphatic rings. The first-order valence-corrected chi connectivity index (χ1v) is 6.28. The monoisotopic (exact) mass is 244 g/mol. The van der Waals surface area contributed by atoms with Crippen LogP contribution in [0.15, 0.2) is 47.6 Å². The third kappa shape index (κ3) is 4.58. The smallest absolute Gasteiger partial charge is 0.333 e. The maximum atomic E-state index is 11.5. The molecule has 0 amide bonds. The summed E-state index contributed by atoms with van der Waals surface area (Å²) in [5, 5.41) is 0. The summed E-state index contributed by atoms with van der Waals surface area (Å²) in [5.74, 6) is -0.245. The van der Waals surface area contributed by atoms with Crippen LogP contribution < -0.4 is 0 Å². The largest absolute Gasteiger partial charge is 0.463 e. The molecule has 0 aliphatic heterocycles. The summed E-state index contributed by atoms with van der Waals surface area (Å²) in [4.78, 5) is 11.5. The van der Waals surface area contributed by atoms with Crippen molar-refractivity contribution >= 4 is 12.0 Å². The zero-order valence-corrected chi connectivity index (χ0v) is 11.3. The molecule has 0 fully saturated rings. The molecule has 0 spiro atoms. The highest BCUT2D eigenvalue weighted by Gasteiger charge is 2.04. The van der Waals surface area contributed by atoms with E-state index >= 15 is 0 Å². The van der Waals surface area contributed by atoms with Crippen LogP contribution in [0, 0.1) is 0 Å². The van der Waals surface area contributed by atoms with Gasteiger partial charge in [-0.05, 0) is 37.5 Å². The van der Waals surface area contributed by atoms with Gasteiger partial charge in [0.15, 0.2) is 0 Å². The lowest BCUT2D eigenvalue weighted by Crippen LogP contribution is -2.05. The van der Waals surface area contributed by atoms with Crippen molar-refractivity contribution in [2.75, 3.05) is 6.61 Å². The van der Waals surface area contributed by atoms with E-state index in [4.69, 9.17) is 4.74 Å². The van der Waals surface area contributed by atoms with Crippen molar-refractivity contribution in [2.45, 2.75) is 27.2 Å². The number of carbonyl (C=O) groups is 1. The van der Waals surface area contributed by atoms with E-state index in [1.807, 2.05) is 43.3 Å². The molecule has 0 bridgehead atoms. The van der Waals surface area contributed by atoms with Crippen LogP contribution in [-0.2, 0) is 9.53 Å². The molecule has 0 saturated heterocycles. The van der Waals surface area contributed by atoms with Crippen molar-refractivity contribution in [3.63, 3.8) is 0 Å². The van der Waals surface area contributed by atoms with Crippen molar-refractivity contribution in [1.82, 2.24) is 0 Å². The standard InChI is InChI=1S/C16H20O2/c1-4-14(11-13(3)16(17)18-5-2)12-15-9-7-6-8-10-15/h6-12H,4-5H2,1-3H3/b13-11+,14-12+. The van der Waals surface area contributed by atoms with Gasteiger partial charge in [-0.3, -0.25) is 0 Å². The van der Waals surface area contributed by atoms with E-state index in [9.17, 15) is 4.79 Å². The Morgan fingerprint density at radius 2 is 1.89 bits per heavy atom. The minimum Gasteiger partial charge on any atom is -0.463 e. The molecule has 2 nitrogen and oxygen atoms in total. The Hall–Kier alpha value is -1.83. The highest BCUT2D eigenvalue weighted by Crippen LogP contribution is 2.13. The number of esters is 1. The Bertz CT molecular complexity index is 441. The summed E-state index contributed by atoms with van der Waals surface area (Å²) < 4.78 is 4.96. The molecule has 0 heterocycles. The van der Waals surface area contributed by atoms with Gasteiger partial charge in [0.1, 0.15) is 0 Å². The van der Waals surface area contributed by atoms with Gasteiger partial charge < -0.3 is 4.74 Å². The lowest BCUT2D eigenvalue weighted by atomic mass is 10.1. The molecule has 1 aromatic carbocycles. The lowest BCUT2D eigenvalue weighted by molar-refractivity contribution is -0.138. The molecule has 0 N–H and O–H groups in total.